The molecule has 18 heavy (non-hydrogen) atoms. The van der Waals surface area contributed by atoms with Crippen LogP contribution in [-0.4, -0.2) is 35.6 Å². The molecule has 1 aliphatic heterocycles. The van der Waals surface area contributed by atoms with E-state index in [1.165, 1.54) is 38.8 Å². The van der Waals surface area contributed by atoms with Crippen LogP contribution in [0.5, 0.6) is 0 Å². The zero-order chi connectivity index (χ0) is 13.3. The lowest BCUT2D eigenvalue weighted by atomic mass is 9.86. The van der Waals surface area contributed by atoms with E-state index in [0.29, 0.717) is 5.54 Å². The van der Waals surface area contributed by atoms with E-state index in [1.807, 2.05) is 0 Å². The molecule has 0 bridgehead atoms. The normalized spacial score (nSPS) is 36.0. The molecule has 2 aliphatic rings. The SMILES string of the molecule is CCCC(C)N1CC(C)(C2CC2)NCC1C(C)C. The molecule has 0 aromatic rings. The molecule has 1 saturated heterocycles. The van der Waals surface area contributed by atoms with Crippen LogP contribution in [0.4, 0.5) is 0 Å². The van der Waals surface area contributed by atoms with Gasteiger partial charge in [-0.3, -0.25) is 4.90 Å². The minimum Gasteiger partial charge on any atom is -0.308 e. The summed E-state index contributed by atoms with van der Waals surface area (Å²) in [5, 5.41) is 3.87. The summed E-state index contributed by atoms with van der Waals surface area (Å²) >= 11 is 0. The van der Waals surface area contributed by atoms with E-state index in [-0.39, 0.29) is 0 Å². The first kappa shape index (κ1) is 14.3. The topological polar surface area (TPSA) is 15.3 Å². The Morgan fingerprint density at radius 1 is 1.28 bits per heavy atom. The van der Waals surface area contributed by atoms with Crippen LogP contribution in [0.3, 0.4) is 0 Å². The summed E-state index contributed by atoms with van der Waals surface area (Å²) in [5.41, 5.74) is 0.382. The number of piperazine rings is 1. The van der Waals surface area contributed by atoms with Crippen LogP contribution in [0.2, 0.25) is 0 Å². The van der Waals surface area contributed by atoms with Gasteiger partial charge in [0.05, 0.1) is 0 Å². The number of nitrogens with one attached hydrogen (secondary N) is 1. The summed E-state index contributed by atoms with van der Waals surface area (Å²) in [6, 6.07) is 1.46. The zero-order valence-corrected chi connectivity index (χ0v) is 13.0. The van der Waals surface area contributed by atoms with Gasteiger partial charge in [0.2, 0.25) is 0 Å². The monoisotopic (exact) mass is 252 g/mol. The highest BCUT2D eigenvalue weighted by atomic mass is 15.3. The molecule has 2 fully saturated rings. The molecule has 0 amide bonds. The third kappa shape index (κ3) is 2.91. The van der Waals surface area contributed by atoms with Crippen molar-refractivity contribution in [1.29, 1.82) is 0 Å². The average molecular weight is 252 g/mol. The molecule has 2 nitrogen and oxygen atoms in total. The third-order valence-electron chi connectivity index (χ3n) is 5.17. The molecule has 1 aliphatic carbocycles. The molecule has 3 unspecified atom stereocenters. The van der Waals surface area contributed by atoms with Gasteiger partial charge in [0, 0.05) is 30.7 Å². The highest BCUT2D eigenvalue weighted by molar-refractivity contribution is 5.05. The quantitative estimate of drug-likeness (QED) is 0.808. The highest BCUT2D eigenvalue weighted by Crippen LogP contribution is 2.42. The summed E-state index contributed by atoms with van der Waals surface area (Å²) in [4.78, 5) is 2.81. The predicted molar refractivity (Wildman–Crippen MR) is 78.8 cm³/mol. The van der Waals surface area contributed by atoms with Crippen LogP contribution in [0.1, 0.15) is 60.3 Å². The van der Waals surface area contributed by atoms with Crippen molar-refractivity contribution in [2.75, 3.05) is 13.1 Å². The van der Waals surface area contributed by atoms with E-state index in [0.717, 1.165) is 23.9 Å². The van der Waals surface area contributed by atoms with Gasteiger partial charge < -0.3 is 5.32 Å². The van der Waals surface area contributed by atoms with Gasteiger partial charge in [0.25, 0.3) is 0 Å². The Hall–Kier alpha value is -0.0800. The van der Waals surface area contributed by atoms with E-state index >= 15 is 0 Å². The Kier molecular flexibility index (Phi) is 4.38. The zero-order valence-electron chi connectivity index (χ0n) is 13.0. The lowest BCUT2D eigenvalue weighted by molar-refractivity contribution is 0.0209. The van der Waals surface area contributed by atoms with Crippen LogP contribution < -0.4 is 5.32 Å². The Bertz CT molecular complexity index is 272. The number of hydrogen-bond acceptors (Lipinski definition) is 2. The largest absolute Gasteiger partial charge is 0.308 e. The average Bonchev–Trinajstić information content (AvgIpc) is 3.12. The minimum atomic E-state index is 0.382. The summed E-state index contributed by atoms with van der Waals surface area (Å²) in [6.07, 6.45) is 5.51. The Balaban J connectivity index is 2.07. The number of hydrogen-bond donors (Lipinski definition) is 1. The van der Waals surface area contributed by atoms with Gasteiger partial charge in [-0.1, -0.05) is 27.2 Å². The van der Waals surface area contributed by atoms with E-state index in [4.69, 9.17) is 0 Å². The molecule has 2 rings (SSSR count). The molecule has 0 aromatic heterocycles. The summed E-state index contributed by atoms with van der Waals surface area (Å²) in [6.45, 7) is 14.4. The second-order valence-electron chi connectivity index (χ2n) is 7.19. The first-order chi connectivity index (χ1) is 8.48. The van der Waals surface area contributed by atoms with Crippen molar-refractivity contribution in [3.63, 3.8) is 0 Å². The lowest BCUT2D eigenvalue weighted by Crippen LogP contribution is -2.66. The van der Waals surface area contributed by atoms with Crippen LogP contribution in [-0.2, 0) is 0 Å². The van der Waals surface area contributed by atoms with Crippen molar-refractivity contribution in [2.24, 2.45) is 11.8 Å². The lowest BCUT2D eigenvalue weighted by Gasteiger charge is -2.50. The molecular weight excluding hydrogens is 220 g/mol. The number of rotatable bonds is 5. The standard InChI is InChI=1S/C16H32N2/c1-6-7-13(4)18-11-16(5,14-8-9-14)17-10-15(18)12(2)3/h12-15,17H,6-11H2,1-5H3. The van der Waals surface area contributed by atoms with Crippen molar-refractivity contribution in [1.82, 2.24) is 10.2 Å². The van der Waals surface area contributed by atoms with Gasteiger partial charge in [-0.05, 0) is 44.9 Å². The van der Waals surface area contributed by atoms with Crippen molar-refractivity contribution >= 4 is 0 Å². The van der Waals surface area contributed by atoms with Gasteiger partial charge in [-0.15, -0.1) is 0 Å². The van der Waals surface area contributed by atoms with E-state index in [9.17, 15) is 0 Å². The predicted octanol–water partition coefficient (Wildman–Crippen LogP) is 3.27. The molecule has 0 aromatic carbocycles. The van der Waals surface area contributed by atoms with Gasteiger partial charge in [0.15, 0.2) is 0 Å². The van der Waals surface area contributed by atoms with Gasteiger partial charge in [0.1, 0.15) is 0 Å². The second-order valence-corrected chi connectivity index (χ2v) is 7.19. The van der Waals surface area contributed by atoms with Gasteiger partial charge >= 0.3 is 0 Å². The second kappa shape index (κ2) is 5.50. The molecule has 0 spiro atoms. The van der Waals surface area contributed by atoms with Crippen LogP contribution in [0, 0.1) is 11.8 Å². The van der Waals surface area contributed by atoms with Crippen LogP contribution in [0.25, 0.3) is 0 Å². The summed E-state index contributed by atoms with van der Waals surface area (Å²) in [7, 11) is 0. The summed E-state index contributed by atoms with van der Waals surface area (Å²) < 4.78 is 0. The maximum Gasteiger partial charge on any atom is 0.0309 e. The molecule has 1 saturated carbocycles. The molecule has 3 atom stereocenters. The molecular formula is C16H32N2. The minimum absolute atomic E-state index is 0.382. The Labute approximate surface area is 114 Å². The maximum atomic E-state index is 3.87. The van der Waals surface area contributed by atoms with Crippen molar-refractivity contribution < 1.29 is 0 Å². The fraction of sp³-hybridized carbons (Fsp3) is 1.00. The highest BCUT2D eigenvalue weighted by Gasteiger charge is 2.47. The smallest absolute Gasteiger partial charge is 0.0309 e. The maximum absolute atomic E-state index is 3.87. The summed E-state index contributed by atoms with van der Waals surface area (Å²) in [5.74, 6) is 1.68. The van der Waals surface area contributed by atoms with E-state index in [2.05, 4.69) is 44.8 Å². The van der Waals surface area contributed by atoms with E-state index < -0.39 is 0 Å². The van der Waals surface area contributed by atoms with Crippen molar-refractivity contribution in [3.8, 4) is 0 Å². The number of nitrogens with zero attached hydrogens (tertiary/aromatic N) is 1. The Morgan fingerprint density at radius 2 is 1.94 bits per heavy atom. The fourth-order valence-electron chi connectivity index (χ4n) is 3.69. The fourth-order valence-corrected chi connectivity index (χ4v) is 3.69. The van der Waals surface area contributed by atoms with Crippen molar-refractivity contribution in [3.05, 3.63) is 0 Å². The van der Waals surface area contributed by atoms with Crippen molar-refractivity contribution in [2.45, 2.75) is 77.9 Å². The van der Waals surface area contributed by atoms with Gasteiger partial charge in [-0.2, -0.15) is 0 Å². The van der Waals surface area contributed by atoms with E-state index in [1.54, 1.807) is 0 Å². The first-order valence-electron chi connectivity index (χ1n) is 7.98. The molecule has 1 N–H and O–H groups in total. The molecule has 0 radical (unpaired) electrons. The molecule has 1 heterocycles. The first-order valence-corrected chi connectivity index (χ1v) is 7.98. The third-order valence-corrected chi connectivity index (χ3v) is 5.17. The van der Waals surface area contributed by atoms with Crippen LogP contribution in [0.15, 0.2) is 0 Å². The van der Waals surface area contributed by atoms with Crippen LogP contribution >= 0.6 is 0 Å². The van der Waals surface area contributed by atoms with Gasteiger partial charge in [-0.25, -0.2) is 0 Å². The molecule has 106 valence electrons. The Morgan fingerprint density at radius 3 is 2.44 bits per heavy atom. The molecule has 2 heteroatoms.